The molecule has 0 aliphatic carbocycles. The highest BCUT2D eigenvalue weighted by Crippen LogP contribution is 2.22. The third kappa shape index (κ3) is 2.65. The largest absolute Gasteiger partial charge is 0.299 e. The minimum Gasteiger partial charge on any atom is -0.299 e. The lowest BCUT2D eigenvalue weighted by Crippen LogP contribution is -2.25. The summed E-state index contributed by atoms with van der Waals surface area (Å²) >= 11 is 0. The highest BCUT2D eigenvalue weighted by Gasteiger charge is 2.05. The average Bonchev–Trinajstić information content (AvgIpc) is 2.32. The van der Waals surface area contributed by atoms with Crippen molar-refractivity contribution >= 4 is 11.4 Å². The number of nitrogens with zero attached hydrogens (tertiary/aromatic N) is 1. The molecule has 2 nitrogen and oxygen atoms in total. The van der Waals surface area contributed by atoms with Gasteiger partial charge in [-0.05, 0) is 55.7 Å². The van der Waals surface area contributed by atoms with Crippen LogP contribution in [0.4, 0.5) is 11.4 Å². The molecule has 0 saturated carbocycles. The molecule has 2 rings (SSSR count). The molecular formula is C16H20N2. The van der Waals surface area contributed by atoms with Crippen LogP contribution in [-0.4, -0.2) is 7.05 Å². The van der Waals surface area contributed by atoms with Crippen molar-refractivity contribution in [3.05, 3.63) is 59.2 Å². The Kier molecular flexibility index (Phi) is 3.56. The summed E-state index contributed by atoms with van der Waals surface area (Å²) in [7, 11) is 2.05. The number of rotatable bonds is 3. The Labute approximate surface area is 109 Å². The van der Waals surface area contributed by atoms with Gasteiger partial charge in [0, 0.05) is 7.05 Å². The standard InChI is InChI=1S/C16H20N2/c1-12-7-5-9-15(11-12)17-18(4)16-10-6-8-13(2)14(16)3/h5-11,17H,1-4H3. The second-order valence-corrected chi connectivity index (χ2v) is 4.76. The molecule has 0 aliphatic heterocycles. The number of anilines is 2. The minimum atomic E-state index is 1.11. The van der Waals surface area contributed by atoms with Gasteiger partial charge in [0.15, 0.2) is 0 Å². The molecule has 94 valence electrons. The van der Waals surface area contributed by atoms with Crippen LogP contribution in [0.3, 0.4) is 0 Å². The highest BCUT2D eigenvalue weighted by atomic mass is 15.5. The summed E-state index contributed by atoms with van der Waals surface area (Å²) in [5.74, 6) is 0. The van der Waals surface area contributed by atoms with Crippen LogP contribution in [0.1, 0.15) is 16.7 Å². The molecule has 1 N–H and O–H groups in total. The van der Waals surface area contributed by atoms with E-state index in [0.717, 1.165) is 5.69 Å². The van der Waals surface area contributed by atoms with Gasteiger partial charge in [-0.15, -0.1) is 0 Å². The topological polar surface area (TPSA) is 15.3 Å². The van der Waals surface area contributed by atoms with Gasteiger partial charge in [-0.2, -0.15) is 0 Å². The first kappa shape index (κ1) is 12.5. The van der Waals surface area contributed by atoms with E-state index in [4.69, 9.17) is 0 Å². The maximum Gasteiger partial charge on any atom is 0.0600 e. The molecule has 0 bridgehead atoms. The van der Waals surface area contributed by atoms with Crippen molar-refractivity contribution in [3.8, 4) is 0 Å². The van der Waals surface area contributed by atoms with E-state index in [9.17, 15) is 0 Å². The van der Waals surface area contributed by atoms with Gasteiger partial charge in [0.1, 0.15) is 0 Å². The fourth-order valence-corrected chi connectivity index (χ4v) is 2.07. The van der Waals surface area contributed by atoms with Gasteiger partial charge in [0.2, 0.25) is 0 Å². The molecule has 2 heteroatoms. The zero-order valence-corrected chi connectivity index (χ0v) is 11.5. The van der Waals surface area contributed by atoms with Crippen LogP contribution in [0, 0.1) is 20.8 Å². The normalized spacial score (nSPS) is 10.2. The van der Waals surface area contributed by atoms with Crippen LogP contribution in [0.25, 0.3) is 0 Å². The van der Waals surface area contributed by atoms with Crippen LogP contribution >= 0.6 is 0 Å². The summed E-state index contributed by atoms with van der Waals surface area (Å²) < 4.78 is 0. The number of benzene rings is 2. The van der Waals surface area contributed by atoms with Crippen molar-refractivity contribution in [1.29, 1.82) is 0 Å². The van der Waals surface area contributed by atoms with Crippen molar-refractivity contribution in [2.45, 2.75) is 20.8 Å². The van der Waals surface area contributed by atoms with Gasteiger partial charge in [-0.25, -0.2) is 0 Å². The Morgan fingerprint density at radius 3 is 2.39 bits per heavy atom. The molecule has 0 radical (unpaired) electrons. The van der Waals surface area contributed by atoms with E-state index >= 15 is 0 Å². The Hall–Kier alpha value is -1.96. The van der Waals surface area contributed by atoms with Gasteiger partial charge in [-0.1, -0.05) is 24.3 Å². The summed E-state index contributed by atoms with van der Waals surface area (Å²) in [5, 5.41) is 2.07. The molecule has 0 heterocycles. The van der Waals surface area contributed by atoms with Crippen molar-refractivity contribution in [2.75, 3.05) is 17.5 Å². The molecule has 0 atom stereocenters. The molecule has 0 spiro atoms. The smallest absolute Gasteiger partial charge is 0.0600 e. The Bertz CT molecular complexity index is 547. The lowest BCUT2D eigenvalue weighted by Gasteiger charge is -2.24. The van der Waals surface area contributed by atoms with Crippen LogP contribution in [-0.2, 0) is 0 Å². The number of hydrogen-bond acceptors (Lipinski definition) is 2. The predicted octanol–water partition coefficient (Wildman–Crippen LogP) is 4.08. The summed E-state index contributed by atoms with van der Waals surface area (Å²) in [6, 6.07) is 14.7. The predicted molar refractivity (Wildman–Crippen MR) is 79.1 cm³/mol. The monoisotopic (exact) mass is 240 g/mol. The van der Waals surface area contributed by atoms with Crippen LogP contribution in [0.2, 0.25) is 0 Å². The lowest BCUT2D eigenvalue weighted by molar-refractivity contribution is 1.07. The molecule has 18 heavy (non-hydrogen) atoms. The molecule has 0 unspecified atom stereocenters. The molecule has 0 saturated heterocycles. The van der Waals surface area contributed by atoms with Crippen LogP contribution < -0.4 is 10.4 Å². The van der Waals surface area contributed by atoms with Gasteiger partial charge in [-0.3, -0.25) is 10.4 Å². The summed E-state index contributed by atoms with van der Waals surface area (Å²) in [5.41, 5.74) is 9.59. The third-order valence-electron chi connectivity index (χ3n) is 3.25. The van der Waals surface area contributed by atoms with E-state index in [2.05, 4.69) is 73.7 Å². The third-order valence-corrected chi connectivity index (χ3v) is 3.25. The zero-order valence-electron chi connectivity index (χ0n) is 11.5. The van der Waals surface area contributed by atoms with Gasteiger partial charge < -0.3 is 0 Å². The maximum absolute atomic E-state index is 3.40. The van der Waals surface area contributed by atoms with E-state index in [1.54, 1.807) is 0 Å². The Morgan fingerprint density at radius 2 is 1.67 bits per heavy atom. The SMILES string of the molecule is Cc1cccc(NN(C)c2cccc(C)c2C)c1. The summed E-state index contributed by atoms with van der Waals surface area (Å²) in [6.07, 6.45) is 0. The van der Waals surface area contributed by atoms with Crippen LogP contribution in [0.15, 0.2) is 42.5 Å². The fraction of sp³-hybridized carbons (Fsp3) is 0.250. The Balaban J connectivity index is 2.22. The molecule has 0 fully saturated rings. The van der Waals surface area contributed by atoms with E-state index in [0.29, 0.717) is 0 Å². The molecular weight excluding hydrogens is 220 g/mol. The molecule has 0 aromatic heterocycles. The van der Waals surface area contributed by atoms with Crippen LogP contribution in [0.5, 0.6) is 0 Å². The van der Waals surface area contributed by atoms with Crippen molar-refractivity contribution in [1.82, 2.24) is 0 Å². The fourth-order valence-electron chi connectivity index (χ4n) is 2.07. The first-order valence-electron chi connectivity index (χ1n) is 6.21. The van der Waals surface area contributed by atoms with E-state index < -0.39 is 0 Å². The van der Waals surface area contributed by atoms with Crippen molar-refractivity contribution in [2.24, 2.45) is 0 Å². The lowest BCUT2D eigenvalue weighted by atomic mass is 10.1. The van der Waals surface area contributed by atoms with Crippen molar-refractivity contribution in [3.63, 3.8) is 0 Å². The molecule has 0 amide bonds. The Morgan fingerprint density at radius 1 is 0.944 bits per heavy atom. The minimum absolute atomic E-state index is 1.11. The van der Waals surface area contributed by atoms with Crippen molar-refractivity contribution < 1.29 is 0 Å². The summed E-state index contributed by atoms with van der Waals surface area (Å²) in [6.45, 7) is 6.39. The second kappa shape index (κ2) is 5.13. The molecule has 2 aromatic carbocycles. The summed E-state index contributed by atoms with van der Waals surface area (Å²) in [4.78, 5) is 0. The molecule has 2 aromatic rings. The first-order valence-corrected chi connectivity index (χ1v) is 6.21. The first-order chi connectivity index (χ1) is 8.58. The van der Waals surface area contributed by atoms with Gasteiger partial charge in [0.25, 0.3) is 0 Å². The maximum atomic E-state index is 3.40. The quantitative estimate of drug-likeness (QED) is 0.813. The van der Waals surface area contributed by atoms with Gasteiger partial charge >= 0.3 is 0 Å². The number of hydrazine groups is 1. The number of nitrogens with one attached hydrogen (secondary N) is 1. The van der Waals surface area contributed by atoms with Gasteiger partial charge in [0.05, 0.1) is 11.4 Å². The van der Waals surface area contributed by atoms with E-state index in [1.807, 2.05) is 7.05 Å². The highest BCUT2D eigenvalue weighted by molar-refractivity contribution is 5.60. The van der Waals surface area contributed by atoms with E-state index in [-0.39, 0.29) is 0 Å². The number of hydrogen-bond donors (Lipinski definition) is 1. The van der Waals surface area contributed by atoms with E-state index in [1.165, 1.54) is 22.4 Å². The average molecular weight is 240 g/mol. The second-order valence-electron chi connectivity index (χ2n) is 4.76. The molecule has 0 aliphatic rings. The number of aryl methyl sites for hydroxylation is 2. The zero-order chi connectivity index (χ0) is 13.1.